The molecule has 0 atom stereocenters. The maximum atomic E-state index is 10.6. The summed E-state index contributed by atoms with van der Waals surface area (Å²) in [6.07, 6.45) is 0. The van der Waals surface area contributed by atoms with Gasteiger partial charge in [-0.3, -0.25) is 0 Å². The number of carbonyl (C=O) groups is 1. The molecule has 0 aromatic carbocycles. The van der Waals surface area contributed by atoms with Crippen molar-refractivity contribution in [3.8, 4) is 0 Å². The minimum atomic E-state index is -0.494. The van der Waals surface area contributed by atoms with Crippen LogP contribution in [0, 0.1) is 0 Å². The van der Waals surface area contributed by atoms with Gasteiger partial charge in [0.1, 0.15) is 11.5 Å². The molecular formula is C6H10N2O2. The van der Waals surface area contributed by atoms with Crippen molar-refractivity contribution in [1.82, 2.24) is 0 Å². The van der Waals surface area contributed by atoms with E-state index >= 15 is 0 Å². The Morgan fingerprint density at radius 3 is 2.50 bits per heavy atom. The van der Waals surface area contributed by atoms with E-state index in [1.807, 2.05) is 0 Å². The topological polar surface area (TPSA) is 64.7 Å². The minimum Gasteiger partial charge on any atom is -0.465 e. The molecule has 4 heteroatoms. The second kappa shape index (κ2) is 3.66. The molecular weight excluding hydrogens is 132 g/mol. The Morgan fingerprint density at radius 1 is 1.70 bits per heavy atom. The van der Waals surface area contributed by atoms with E-state index in [1.165, 1.54) is 14.0 Å². The van der Waals surface area contributed by atoms with Gasteiger partial charge in [-0.2, -0.15) is 0 Å². The fourth-order valence-corrected chi connectivity index (χ4v) is 0.409. The highest BCUT2D eigenvalue weighted by atomic mass is 16.5. The predicted molar refractivity (Wildman–Crippen MR) is 38.5 cm³/mol. The van der Waals surface area contributed by atoms with Crippen molar-refractivity contribution in [2.24, 2.45) is 10.7 Å². The highest BCUT2D eigenvalue weighted by Crippen LogP contribution is 1.86. The summed E-state index contributed by atoms with van der Waals surface area (Å²) in [5, 5.41) is 0. The summed E-state index contributed by atoms with van der Waals surface area (Å²) in [6, 6.07) is 0. The van der Waals surface area contributed by atoms with Crippen LogP contribution in [0.3, 0.4) is 0 Å². The molecule has 0 spiro atoms. The van der Waals surface area contributed by atoms with Gasteiger partial charge < -0.3 is 10.5 Å². The summed E-state index contributed by atoms with van der Waals surface area (Å²) in [5.41, 5.74) is 5.30. The third-order valence-electron chi connectivity index (χ3n) is 0.792. The molecule has 2 N–H and O–H groups in total. The number of nitrogens with zero attached hydrogens (tertiary/aromatic N) is 1. The number of carbonyl (C=O) groups excluding carboxylic acids is 1. The lowest BCUT2D eigenvalue weighted by molar-refractivity contribution is -0.132. The Balaban J connectivity index is 4.19. The van der Waals surface area contributed by atoms with Crippen LogP contribution in [0.5, 0.6) is 0 Å². The number of aliphatic imine (C=N–C) groups is 1. The van der Waals surface area contributed by atoms with Crippen LogP contribution in [0.15, 0.2) is 17.4 Å². The Hall–Kier alpha value is -1.32. The van der Waals surface area contributed by atoms with Gasteiger partial charge in [0.15, 0.2) is 0 Å². The van der Waals surface area contributed by atoms with Gasteiger partial charge in [-0.15, -0.1) is 0 Å². The van der Waals surface area contributed by atoms with E-state index in [0.717, 1.165) is 0 Å². The van der Waals surface area contributed by atoms with Crippen LogP contribution in [0.4, 0.5) is 0 Å². The van der Waals surface area contributed by atoms with Crippen molar-refractivity contribution >= 4 is 11.7 Å². The lowest BCUT2D eigenvalue weighted by Gasteiger charge is -1.95. The second-order valence-electron chi connectivity index (χ2n) is 1.68. The molecule has 0 amide bonds. The number of hydrogen-bond acceptors (Lipinski definition) is 4. The third-order valence-corrected chi connectivity index (χ3v) is 0.792. The van der Waals surface area contributed by atoms with Gasteiger partial charge in [-0.1, -0.05) is 6.58 Å². The van der Waals surface area contributed by atoms with Crippen LogP contribution in [-0.4, -0.2) is 18.8 Å². The summed E-state index contributed by atoms with van der Waals surface area (Å²) in [4.78, 5) is 14.2. The molecule has 0 bridgehead atoms. The Bertz CT molecular complexity index is 184. The molecule has 56 valence electrons. The highest BCUT2D eigenvalue weighted by Gasteiger charge is 2.03. The van der Waals surface area contributed by atoms with Gasteiger partial charge in [-0.05, 0) is 6.92 Å². The van der Waals surface area contributed by atoms with Crippen LogP contribution in [-0.2, 0) is 9.53 Å². The van der Waals surface area contributed by atoms with E-state index in [-0.39, 0.29) is 11.5 Å². The van der Waals surface area contributed by atoms with E-state index in [0.29, 0.717) is 0 Å². The van der Waals surface area contributed by atoms with Crippen LogP contribution in [0.1, 0.15) is 6.92 Å². The average molecular weight is 142 g/mol. The molecule has 0 aliphatic heterocycles. The Kier molecular flexibility index (Phi) is 3.17. The Labute approximate surface area is 59.4 Å². The quantitative estimate of drug-likeness (QED) is 0.437. The first-order chi connectivity index (χ1) is 4.57. The van der Waals surface area contributed by atoms with E-state index < -0.39 is 5.97 Å². The van der Waals surface area contributed by atoms with Gasteiger partial charge in [-0.25, -0.2) is 9.79 Å². The summed E-state index contributed by atoms with van der Waals surface area (Å²) < 4.78 is 4.35. The molecule has 0 unspecified atom stereocenters. The molecule has 4 nitrogen and oxygen atoms in total. The summed E-state index contributed by atoms with van der Waals surface area (Å²) in [6.45, 7) is 4.80. The molecule has 0 heterocycles. The van der Waals surface area contributed by atoms with Crippen LogP contribution < -0.4 is 5.73 Å². The predicted octanol–water partition coefficient (Wildman–Crippen LogP) is 0.0502. The van der Waals surface area contributed by atoms with Crippen molar-refractivity contribution in [2.75, 3.05) is 7.11 Å². The summed E-state index contributed by atoms with van der Waals surface area (Å²) >= 11 is 0. The first kappa shape index (κ1) is 8.68. The van der Waals surface area contributed by atoms with E-state index in [9.17, 15) is 4.79 Å². The zero-order valence-corrected chi connectivity index (χ0v) is 6.05. The highest BCUT2D eigenvalue weighted by molar-refractivity contribution is 6.35. The molecule has 0 fully saturated rings. The molecule has 0 saturated heterocycles. The Morgan fingerprint density at radius 2 is 2.20 bits per heavy atom. The molecule has 0 rings (SSSR count). The fourth-order valence-electron chi connectivity index (χ4n) is 0.409. The fraction of sp³-hybridized carbons (Fsp3) is 0.333. The SMILES string of the molecule is C=C(N)/N=C(\C)C(=O)OC. The van der Waals surface area contributed by atoms with Crippen molar-refractivity contribution < 1.29 is 9.53 Å². The van der Waals surface area contributed by atoms with Gasteiger partial charge in [0.2, 0.25) is 0 Å². The molecule has 0 aliphatic rings. The molecule has 10 heavy (non-hydrogen) atoms. The average Bonchev–Trinajstić information content (AvgIpc) is 1.85. The van der Waals surface area contributed by atoms with Crippen molar-refractivity contribution in [2.45, 2.75) is 6.92 Å². The minimum absolute atomic E-state index is 0.0999. The van der Waals surface area contributed by atoms with Gasteiger partial charge in [0.25, 0.3) is 0 Å². The summed E-state index contributed by atoms with van der Waals surface area (Å²) in [5.74, 6) is -0.394. The van der Waals surface area contributed by atoms with Gasteiger partial charge in [0.05, 0.1) is 7.11 Å². The number of nitrogens with two attached hydrogens (primary N) is 1. The van der Waals surface area contributed by atoms with Crippen LogP contribution in [0.2, 0.25) is 0 Å². The van der Waals surface area contributed by atoms with E-state index in [2.05, 4.69) is 16.3 Å². The van der Waals surface area contributed by atoms with Crippen molar-refractivity contribution in [1.29, 1.82) is 0 Å². The van der Waals surface area contributed by atoms with E-state index in [4.69, 9.17) is 5.73 Å². The number of esters is 1. The number of ether oxygens (including phenoxy) is 1. The molecule has 0 aliphatic carbocycles. The van der Waals surface area contributed by atoms with Crippen LogP contribution >= 0.6 is 0 Å². The van der Waals surface area contributed by atoms with Gasteiger partial charge in [0, 0.05) is 0 Å². The smallest absolute Gasteiger partial charge is 0.352 e. The monoisotopic (exact) mass is 142 g/mol. The molecule has 0 aromatic rings. The number of rotatable bonds is 2. The lowest BCUT2D eigenvalue weighted by atomic mass is 10.4. The first-order valence-corrected chi connectivity index (χ1v) is 2.66. The maximum absolute atomic E-state index is 10.6. The lowest BCUT2D eigenvalue weighted by Crippen LogP contribution is -2.12. The van der Waals surface area contributed by atoms with Crippen LogP contribution in [0.25, 0.3) is 0 Å². The standard InChI is InChI=1S/C6H10N2O2/c1-4(6(9)10-3)8-5(2)7/h2,7H2,1,3H3/b8-4+. The first-order valence-electron chi connectivity index (χ1n) is 2.66. The molecule has 0 saturated carbocycles. The number of methoxy groups -OCH3 is 1. The zero-order chi connectivity index (χ0) is 8.15. The largest absolute Gasteiger partial charge is 0.465 e. The zero-order valence-electron chi connectivity index (χ0n) is 6.05. The number of hydrogen-bond donors (Lipinski definition) is 1. The normalized spacial score (nSPS) is 10.8. The van der Waals surface area contributed by atoms with E-state index in [1.54, 1.807) is 0 Å². The third kappa shape index (κ3) is 2.86. The molecule has 0 radical (unpaired) electrons. The maximum Gasteiger partial charge on any atom is 0.352 e. The van der Waals surface area contributed by atoms with Crippen molar-refractivity contribution in [3.63, 3.8) is 0 Å². The van der Waals surface area contributed by atoms with Crippen molar-refractivity contribution in [3.05, 3.63) is 12.4 Å². The summed E-state index contributed by atoms with van der Waals surface area (Å²) in [7, 11) is 1.28. The molecule has 0 aromatic heterocycles. The van der Waals surface area contributed by atoms with Gasteiger partial charge >= 0.3 is 5.97 Å². The second-order valence-corrected chi connectivity index (χ2v) is 1.68.